The molecule has 0 saturated heterocycles. The Bertz CT molecular complexity index is 599. The van der Waals surface area contributed by atoms with Gasteiger partial charge in [0.25, 0.3) is 5.91 Å². The number of anilines is 1. The smallest absolute Gasteiger partial charge is 0.256 e. The maximum absolute atomic E-state index is 12.0. The molecule has 2 rings (SSSR count). The summed E-state index contributed by atoms with van der Waals surface area (Å²) in [4.78, 5) is 16.0. The van der Waals surface area contributed by atoms with Crippen LogP contribution < -0.4 is 20.5 Å². The molecule has 0 atom stereocenters. The van der Waals surface area contributed by atoms with Crippen LogP contribution in [0.3, 0.4) is 0 Å². The molecule has 0 bridgehead atoms. The Kier molecular flexibility index (Phi) is 4.98. The van der Waals surface area contributed by atoms with Gasteiger partial charge in [0.05, 0.1) is 13.7 Å². The van der Waals surface area contributed by atoms with Crippen LogP contribution in [0.4, 0.5) is 5.69 Å². The van der Waals surface area contributed by atoms with E-state index in [9.17, 15) is 4.79 Å². The molecule has 0 fully saturated rings. The molecule has 0 unspecified atom stereocenters. The monoisotopic (exact) mass is 287 g/mol. The minimum Gasteiger partial charge on any atom is -0.492 e. The maximum atomic E-state index is 12.0. The van der Waals surface area contributed by atoms with Crippen molar-refractivity contribution in [3.05, 3.63) is 48.2 Å². The molecule has 1 aromatic carbocycles. The number of carbonyl (C=O) groups is 1. The Morgan fingerprint density at radius 1 is 1.29 bits per heavy atom. The minimum atomic E-state index is -0.249. The van der Waals surface area contributed by atoms with Crippen molar-refractivity contribution in [3.63, 3.8) is 0 Å². The number of methoxy groups -OCH3 is 1. The Balaban J connectivity index is 1.80. The zero-order valence-electron chi connectivity index (χ0n) is 11.7. The van der Waals surface area contributed by atoms with Crippen LogP contribution in [0.15, 0.2) is 42.6 Å². The van der Waals surface area contributed by atoms with Crippen molar-refractivity contribution in [1.82, 2.24) is 10.3 Å². The third-order valence-corrected chi connectivity index (χ3v) is 2.75. The molecule has 0 aliphatic rings. The number of nitrogens with two attached hydrogens (primary N) is 1. The second-order valence-electron chi connectivity index (χ2n) is 4.23. The van der Waals surface area contributed by atoms with E-state index in [2.05, 4.69) is 10.3 Å². The predicted octanol–water partition coefficient (Wildman–Crippen LogP) is 1.48. The molecule has 0 saturated carbocycles. The van der Waals surface area contributed by atoms with Gasteiger partial charge < -0.3 is 20.5 Å². The van der Waals surface area contributed by atoms with Gasteiger partial charge in [0.15, 0.2) is 0 Å². The van der Waals surface area contributed by atoms with Crippen molar-refractivity contribution in [1.29, 1.82) is 0 Å². The highest BCUT2D eigenvalue weighted by atomic mass is 16.5. The summed E-state index contributed by atoms with van der Waals surface area (Å²) in [6.07, 6.45) is 1.57. The number of hydrogen-bond acceptors (Lipinski definition) is 5. The molecule has 21 heavy (non-hydrogen) atoms. The molecule has 2 aromatic rings. The molecule has 6 heteroatoms. The Labute approximate surface area is 122 Å². The highest BCUT2D eigenvalue weighted by Gasteiger charge is 2.11. The number of aromatic nitrogens is 1. The van der Waals surface area contributed by atoms with Crippen LogP contribution in [-0.4, -0.2) is 31.2 Å². The van der Waals surface area contributed by atoms with Crippen LogP contribution in [0.1, 0.15) is 10.4 Å². The van der Waals surface area contributed by atoms with Crippen LogP contribution in [0.25, 0.3) is 0 Å². The van der Waals surface area contributed by atoms with Gasteiger partial charge in [0.1, 0.15) is 17.9 Å². The second-order valence-corrected chi connectivity index (χ2v) is 4.23. The van der Waals surface area contributed by atoms with Crippen molar-refractivity contribution in [2.24, 2.45) is 0 Å². The molecule has 1 amide bonds. The lowest BCUT2D eigenvalue weighted by atomic mass is 10.2. The van der Waals surface area contributed by atoms with Crippen molar-refractivity contribution < 1.29 is 14.3 Å². The van der Waals surface area contributed by atoms with Crippen LogP contribution in [0, 0.1) is 0 Å². The van der Waals surface area contributed by atoms with Gasteiger partial charge in [-0.25, -0.2) is 4.98 Å². The first kappa shape index (κ1) is 14.6. The molecule has 1 aromatic heterocycles. The summed E-state index contributed by atoms with van der Waals surface area (Å²) in [7, 11) is 1.48. The zero-order chi connectivity index (χ0) is 15.1. The average molecular weight is 287 g/mol. The molecule has 0 spiro atoms. The molecule has 0 radical (unpaired) electrons. The first-order valence-corrected chi connectivity index (χ1v) is 6.46. The number of carbonyl (C=O) groups excluding carboxylic acids is 1. The molecule has 110 valence electrons. The van der Waals surface area contributed by atoms with E-state index in [1.807, 2.05) is 0 Å². The van der Waals surface area contributed by atoms with Crippen LogP contribution >= 0.6 is 0 Å². The summed E-state index contributed by atoms with van der Waals surface area (Å²) < 4.78 is 10.5. The Hall–Kier alpha value is -2.76. The highest BCUT2D eigenvalue weighted by molar-refractivity contribution is 5.96. The lowest BCUT2D eigenvalue weighted by molar-refractivity contribution is 0.0943. The van der Waals surface area contributed by atoms with Gasteiger partial charge in [0.2, 0.25) is 5.88 Å². The lowest BCUT2D eigenvalue weighted by Gasteiger charge is -2.09. The number of ether oxygens (including phenoxy) is 2. The largest absolute Gasteiger partial charge is 0.492 e. The number of hydrogen-bond donors (Lipinski definition) is 2. The molecule has 0 aliphatic carbocycles. The second kappa shape index (κ2) is 7.14. The number of rotatable bonds is 6. The minimum absolute atomic E-state index is 0.249. The quantitative estimate of drug-likeness (QED) is 0.621. The summed E-state index contributed by atoms with van der Waals surface area (Å²) in [6.45, 7) is 0.736. The SMILES string of the molecule is COc1ncccc1C(=O)NCCOc1ccc(N)cc1. The molecular weight excluding hydrogens is 270 g/mol. The number of amides is 1. The first-order chi connectivity index (χ1) is 10.2. The third-order valence-electron chi connectivity index (χ3n) is 2.75. The standard InChI is InChI=1S/C15H17N3O3/c1-20-15-13(3-2-8-18-15)14(19)17-9-10-21-12-6-4-11(16)5-7-12/h2-8H,9-10,16H2,1H3,(H,17,19). The Morgan fingerprint density at radius 2 is 2.05 bits per heavy atom. The zero-order valence-corrected chi connectivity index (χ0v) is 11.7. The fraction of sp³-hybridized carbons (Fsp3) is 0.200. The van der Waals surface area contributed by atoms with Crippen molar-refractivity contribution in [3.8, 4) is 11.6 Å². The van der Waals surface area contributed by atoms with Gasteiger partial charge in [-0.15, -0.1) is 0 Å². The molecular formula is C15H17N3O3. The Morgan fingerprint density at radius 3 is 2.76 bits per heavy atom. The van der Waals surface area contributed by atoms with Gasteiger partial charge in [-0.3, -0.25) is 4.79 Å². The van der Waals surface area contributed by atoms with Gasteiger partial charge in [-0.1, -0.05) is 0 Å². The van der Waals surface area contributed by atoms with Crippen LogP contribution in [0.5, 0.6) is 11.6 Å². The van der Waals surface area contributed by atoms with Crippen molar-refractivity contribution in [2.45, 2.75) is 0 Å². The fourth-order valence-electron chi connectivity index (χ4n) is 1.72. The van der Waals surface area contributed by atoms with E-state index in [4.69, 9.17) is 15.2 Å². The lowest BCUT2D eigenvalue weighted by Crippen LogP contribution is -2.28. The predicted molar refractivity (Wildman–Crippen MR) is 79.5 cm³/mol. The summed E-state index contributed by atoms with van der Waals surface area (Å²) >= 11 is 0. The summed E-state index contributed by atoms with van der Waals surface area (Å²) in [5.74, 6) is 0.757. The number of benzene rings is 1. The topological polar surface area (TPSA) is 86.5 Å². The van der Waals surface area contributed by atoms with E-state index in [-0.39, 0.29) is 5.91 Å². The first-order valence-electron chi connectivity index (χ1n) is 6.46. The van der Waals surface area contributed by atoms with Gasteiger partial charge in [-0.2, -0.15) is 0 Å². The number of pyridine rings is 1. The van der Waals surface area contributed by atoms with E-state index in [1.54, 1.807) is 42.6 Å². The molecule has 1 heterocycles. The van der Waals surface area contributed by atoms with Crippen LogP contribution in [0.2, 0.25) is 0 Å². The highest BCUT2D eigenvalue weighted by Crippen LogP contribution is 2.14. The van der Waals surface area contributed by atoms with Crippen molar-refractivity contribution in [2.75, 3.05) is 26.0 Å². The van der Waals surface area contributed by atoms with Gasteiger partial charge in [-0.05, 0) is 36.4 Å². The van der Waals surface area contributed by atoms with E-state index >= 15 is 0 Å². The number of nitrogen functional groups attached to an aromatic ring is 1. The van der Waals surface area contributed by atoms with E-state index in [0.717, 1.165) is 0 Å². The number of nitrogens with zero attached hydrogens (tertiary/aromatic N) is 1. The molecule has 6 nitrogen and oxygen atoms in total. The van der Waals surface area contributed by atoms with Crippen LogP contribution in [-0.2, 0) is 0 Å². The van der Waals surface area contributed by atoms with Gasteiger partial charge in [0, 0.05) is 11.9 Å². The third kappa shape index (κ3) is 4.10. The average Bonchev–Trinajstić information content (AvgIpc) is 2.53. The molecule has 0 aliphatic heterocycles. The van der Waals surface area contributed by atoms with E-state index < -0.39 is 0 Å². The summed E-state index contributed by atoms with van der Waals surface area (Å²) in [6, 6.07) is 10.4. The number of nitrogens with one attached hydrogen (secondary N) is 1. The van der Waals surface area contributed by atoms with E-state index in [1.165, 1.54) is 7.11 Å². The van der Waals surface area contributed by atoms with E-state index in [0.29, 0.717) is 36.0 Å². The van der Waals surface area contributed by atoms with Crippen molar-refractivity contribution >= 4 is 11.6 Å². The normalized spacial score (nSPS) is 9.95. The maximum Gasteiger partial charge on any atom is 0.256 e. The fourth-order valence-corrected chi connectivity index (χ4v) is 1.72. The summed E-state index contributed by atoms with van der Waals surface area (Å²) in [5.41, 5.74) is 6.66. The summed E-state index contributed by atoms with van der Waals surface area (Å²) in [5, 5.41) is 2.75. The molecule has 3 N–H and O–H groups in total. The van der Waals surface area contributed by atoms with Gasteiger partial charge >= 0.3 is 0 Å².